The monoisotopic (exact) mass is 449 g/mol. The maximum Gasteiger partial charge on any atom is 0.255 e. The van der Waals surface area contributed by atoms with Crippen molar-refractivity contribution in [1.82, 2.24) is 20.1 Å². The summed E-state index contributed by atoms with van der Waals surface area (Å²) in [6.07, 6.45) is 6.13. The lowest BCUT2D eigenvalue weighted by Crippen LogP contribution is -2.32. The molecule has 1 aliphatic rings. The molecule has 1 saturated heterocycles. The van der Waals surface area contributed by atoms with E-state index < -0.39 is 0 Å². The number of nitrogens with one attached hydrogen (secondary N) is 2. The highest BCUT2D eigenvalue weighted by molar-refractivity contribution is 6.06. The molecule has 1 fully saturated rings. The number of anilines is 1. The highest BCUT2D eigenvalue weighted by Gasteiger charge is 2.24. The van der Waals surface area contributed by atoms with E-state index in [4.69, 9.17) is 4.74 Å². The molecule has 0 spiro atoms. The van der Waals surface area contributed by atoms with Gasteiger partial charge in [-0.25, -0.2) is 9.67 Å². The Kier molecular flexibility index (Phi) is 6.98. The van der Waals surface area contributed by atoms with Crippen LogP contribution in [0, 0.1) is 20.8 Å². The molecule has 7 heteroatoms. The zero-order chi connectivity index (χ0) is 23.5. The smallest absolute Gasteiger partial charge is 0.255 e. The van der Waals surface area contributed by atoms with Crippen molar-refractivity contribution in [3.63, 3.8) is 0 Å². The van der Waals surface area contributed by atoms with E-state index >= 15 is 0 Å². The number of hydrogen-bond acceptors (Lipinski definition) is 5. The third kappa shape index (κ3) is 4.74. The number of ether oxygens (including phenoxy) is 1. The zero-order valence-corrected chi connectivity index (χ0v) is 20.4. The largest absolute Gasteiger partial charge is 0.381 e. The topological polar surface area (TPSA) is 81.1 Å². The van der Waals surface area contributed by atoms with Gasteiger partial charge in [0.25, 0.3) is 5.91 Å². The molecule has 0 bridgehead atoms. The number of carbonyl (C=O) groups is 1. The second-order valence-corrected chi connectivity index (χ2v) is 9.02. The molecular formula is C26H35N5O2. The predicted molar refractivity (Wildman–Crippen MR) is 132 cm³/mol. The van der Waals surface area contributed by atoms with Crippen molar-refractivity contribution < 1.29 is 9.53 Å². The molecule has 0 aliphatic carbocycles. The number of pyridine rings is 1. The summed E-state index contributed by atoms with van der Waals surface area (Å²) in [5, 5.41) is 12.3. The summed E-state index contributed by atoms with van der Waals surface area (Å²) in [7, 11) is 0. The lowest BCUT2D eigenvalue weighted by atomic mass is 9.92. The number of hydrogen-bond donors (Lipinski definition) is 2. The van der Waals surface area contributed by atoms with Gasteiger partial charge in [-0.3, -0.25) is 4.79 Å². The van der Waals surface area contributed by atoms with Crippen molar-refractivity contribution in [1.29, 1.82) is 0 Å². The van der Waals surface area contributed by atoms with Gasteiger partial charge in [-0.2, -0.15) is 5.10 Å². The third-order valence-corrected chi connectivity index (χ3v) is 6.58. The summed E-state index contributed by atoms with van der Waals surface area (Å²) >= 11 is 0. The molecule has 2 N–H and O–H groups in total. The highest BCUT2D eigenvalue weighted by atomic mass is 16.5. The summed E-state index contributed by atoms with van der Waals surface area (Å²) < 4.78 is 7.38. The van der Waals surface area contributed by atoms with Crippen molar-refractivity contribution in [3.8, 4) is 0 Å². The quantitative estimate of drug-likeness (QED) is 0.539. The van der Waals surface area contributed by atoms with E-state index in [1.807, 2.05) is 17.8 Å². The molecule has 0 unspecified atom stereocenters. The number of carbonyl (C=O) groups excluding carboxylic acids is 1. The van der Waals surface area contributed by atoms with Crippen LogP contribution >= 0.6 is 0 Å². The van der Waals surface area contributed by atoms with Crippen LogP contribution in [0.2, 0.25) is 0 Å². The minimum Gasteiger partial charge on any atom is -0.381 e. The van der Waals surface area contributed by atoms with E-state index in [9.17, 15) is 4.79 Å². The van der Waals surface area contributed by atoms with Gasteiger partial charge in [0, 0.05) is 32.0 Å². The molecule has 7 nitrogen and oxygen atoms in total. The van der Waals surface area contributed by atoms with Crippen LogP contribution in [0.3, 0.4) is 0 Å². The lowest BCUT2D eigenvalue weighted by Gasteiger charge is -2.26. The lowest BCUT2D eigenvalue weighted by molar-refractivity contribution is 0.0903. The molecule has 0 saturated carbocycles. The van der Waals surface area contributed by atoms with Gasteiger partial charge in [0.1, 0.15) is 0 Å². The second-order valence-electron chi connectivity index (χ2n) is 9.02. The number of amides is 1. The molecule has 176 valence electrons. The third-order valence-electron chi connectivity index (χ3n) is 6.58. The van der Waals surface area contributed by atoms with Crippen molar-refractivity contribution in [2.75, 3.05) is 18.5 Å². The fourth-order valence-electron chi connectivity index (χ4n) is 4.99. The van der Waals surface area contributed by atoms with E-state index in [0.717, 1.165) is 55.7 Å². The first-order chi connectivity index (χ1) is 15.9. The molecule has 4 rings (SSSR count). The first kappa shape index (κ1) is 23.2. The predicted octanol–water partition coefficient (Wildman–Crippen LogP) is 4.85. The van der Waals surface area contributed by atoms with Gasteiger partial charge >= 0.3 is 0 Å². The van der Waals surface area contributed by atoms with Crippen molar-refractivity contribution >= 4 is 22.6 Å². The van der Waals surface area contributed by atoms with Gasteiger partial charge in [0.15, 0.2) is 5.65 Å². The molecule has 3 aromatic rings. The first-order valence-corrected chi connectivity index (χ1v) is 12.0. The first-order valence-electron chi connectivity index (χ1n) is 12.0. The average Bonchev–Trinajstić information content (AvgIpc) is 3.22. The SMILES string of the molecule is CC[C@@H](NC(=O)c1cnc2c(cnn2CC)c1NC1CCOCC1)c1c(C)cc(C)cc1C. The standard InChI is InChI=1S/C26H35N5O2/c1-6-22(23-17(4)12-16(3)13-18(23)5)30-26(32)21-14-27-25-20(15-28-31(25)7-2)24(21)29-19-8-10-33-11-9-19/h12-15,19,22H,6-11H2,1-5H3,(H,27,29)(H,30,32)/t22-/m1/s1. The normalized spacial score (nSPS) is 15.5. The van der Waals surface area contributed by atoms with Crippen LogP contribution in [0.4, 0.5) is 5.69 Å². The maximum absolute atomic E-state index is 13.6. The van der Waals surface area contributed by atoms with Crippen LogP contribution in [-0.4, -0.2) is 39.9 Å². The fraction of sp³-hybridized carbons (Fsp3) is 0.500. The second kappa shape index (κ2) is 9.91. The van der Waals surface area contributed by atoms with Crippen LogP contribution in [0.5, 0.6) is 0 Å². The Hall–Kier alpha value is -2.93. The van der Waals surface area contributed by atoms with Gasteiger partial charge in [-0.1, -0.05) is 24.6 Å². The molecule has 2 aromatic heterocycles. The zero-order valence-electron chi connectivity index (χ0n) is 20.4. The summed E-state index contributed by atoms with van der Waals surface area (Å²) in [6.45, 7) is 12.7. The summed E-state index contributed by atoms with van der Waals surface area (Å²) in [4.78, 5) is 18.2. The summed E-state index contributed by atoms with van der Waals surface area (Å²) in [5.74, 6) is -0.116. The number of rotatable bonds is 7. The molecule has 0 radical (unpaired) electrons. The minimum atomic E-state index is -0.116. The fourth-order valence-corrected chi connectivity index (χ4v) is 4.99. The van der Waals surface area contributed by atoms with Crippen molar-refractivity contribution in [3.05, 3.63) is 52.3 Å². The minimum absolute atomic E-state index is 0.0666. The number of benzene rings is 1. The summed E-state index contributed by atoms with van der Waals surface area (Å²) in [6, 6.07) is 4.55. The van der Waals surface area contributed by atoms with Gasteiger partial charge in [-0.15, -0.1) is 0 Å². The van der Waals surface area contributed by atoms with Crippen LogP contribution < -0.4 is 10.6 Å². The van der Waals surface area contributed by atoms with E-state index in [2.05, 4.69) is 60.5 Å². The molecule has 3 heterocycles. The Morgan fingerprint density at radius 1 is 1.15 bits per heavy atom. The Balaban J connectivity index is 1.70. The molecule has 1 aromatic carbocycles. The maximum atomic E-state index is 13.6. The van der Waals surface area contributed by atoms with Crippen LogP contribution in [-0.2, 0) is 11.3 Å². The van der Waals surface area contributed by atoms with Gasteiger partial charge in [0.2, 0.25) is 0 Å². The van der Waals surface area contributed by atoms with Crippen molar-refractivity contribution in [2.45, 2.75) is 72.5 Å². The van der Waals surface area contributed by atoms with E-state index in [-0.39, 0.29) is 18.0 Å². The van der Waals surface area contributed by atoms with Crippen molar-refractivity contribution in [2.24, 2.45) is 0 Å². The number of aryl methyl sites for hydroxylation is 4. The van der Waals surface area contributed by atoms with E-state index in [1.54, 1.807) is 6.20 Å². The number of fused-ring (bicyclic) bond motifs is 1. The van der Waals surface area contributed by atoms with E-state index in [1.165, 1.54) is 22.3 Å². The van der Waals surface area contributed by atoms with E-state index in [0.29, 0.717) is 5.56 Å². The van der Waals surface area contributed by atoms with Crippen LogP contribution in [0.1, 0.15) is 71.8 Å². The Bertz CT molecular complexity index is 1120. The Labute approximate surface area is 195 Å². The molecule has 1 atom stereocenters. The molecule has 1 aliphatic heterocycles. The van der Waals surface area contributed by atoms with Gasteiger partial charge in [-0.05, 0) is 63.6 Å². The number of nitrogens with zero attached hydrogens (tertiary/aromatic N) is 3. The van der Waals surface area contributed by atoms with Crippen LogP contribution in [0.15, 0.2) is 24.5 Å². The Morgan fingerprint density at radius 2 is 1.85 bits per heavy atom. The van der Waals surface area contributed by atoms with Crippen LogP contribution in [0.25, 0.3) is 11.0 Å². The molecule has 1 amide bonds. The molecule has 33 heavy (non-hydrogen) atoms. The Morgan fingerprint density at radius 3 is 2.48 bits per heavy atom. The highest BCUT2D eigenvalue weighted by Crippen LogP contribution is 2.30. The average molecular weight is 450 g/mol. The van der Waals surface area contributed by atoms with Gasteiger partial charge < -0.3 is 15.4 Å². The summed E-state index contributed by atoms with van der Waals surface area (Å²) in [5.41, 5.74) is 7.02. The van der Waals surface area contributed by atoms with Gasteiger partial charge in [0.05, 0.1) is 28.9 Å². The number of aromatic nitrogens is 3. The molecular weight excluding hydrogens is 414 g/mol.